The number of urea groups is 1. The van der Waals surface area contributed by atoms with E-state index < -0.39 is 16.2 Å². The van der Waals surface area contributed by atoms with Gasteiger partial charge in [0.15, 0.2) is 0 Å². The predicted molar refractivity (Wildman–Crippen MR) is 139 cm³/mol. The molecule has 0 heterocycles. The molecule has 5 nitrogen and oxygen atoms in total. The van der Waals surface area contributed by atoms with Crippen LogP contribution in [0.4, 0.5) is 23.7 Å². The number of rotatable bonds is 10. The maximum atomic E-state index is 13.2. The number of fused-ring (bicyclic) bond motifs is 1. The first kappa shape index (κ1) is 28.2. The Hall–Kier alpha value is -2.33. The van der Waals surface area contributed by atoms with Gasteiger partial charge in [-0.2, -0.15) is 13.2 Å². The summed E-state index contributed by atoms with van der Waals surface area (Å²) in [6.07, 6.45) is 4.21. The summed E-state index contributed by atoms with van der Waals surface area (Å²) in [5, 5.41) is 12.3. The van der Waals surface area contributed by atoms with Gasteiger partial charge in [0.25, 0.3) is 0 Å². The van der Waals surface area contributed by atoms with Crippen molar-refractivity contribution in [3.8, 4) is 0 Å². The summed E-state index contributed by atoms with van der Waals surface area (Å²) >= 11 is 1.10. The molecule has 1 unspecified atom stereocenters. The molecular weight excluding hydrogens is 509 g/mol. The van der Waals surface area contributed by atoms with Gasteiger partial charge in [-0.25, -0.2) is 4.79 Å². The molecule has 2 N–H and O–H groups in total. The fourth-order valence-corrected chi connectivity index (χ4v) is 5.66. The maximum Gasteiger partial charge on any atom is 0.446 e. The van der Waals surface area contributed by atoms with Crippen LogP contribution in [0.1, 0.15) is 51.2 Å². The Labute approximate surface area is 218 Å². The van der Waals surface area contributed by atoms with Crippen LogP contribution in [0.15, 0.2) is 52.3 Å². The minimum Gasteiger partial charge on any atom is -0.480 e. The zero-order valence-corrected chi connectivity index (χ0v) is 22.2. The summed E-state index contributed by atoms with van der Waals surface area (Å²) in [4.78, 5) is 27.5. The van der Waals surface area contributed by atoms with E-state index in [0.29, 0.717) is 25.1 Å². The molecule has 0 aromatic heterocycles. The molecule has 0 saturated carbocycles. The van der Waals surface area contributed by atoms with Crippen molar-refractivity contribution in [2.24, 2.45) is 0 Å². The average molecular weight is 541 g/mol. The normalized spacial score (nSPS) is 15.4. The van der Waals surface area contributed by atoms with Gasteiger partial charge in [0.1, 0.15) is 4.75 Å². The van der Waals surface area contributed by atoms with E-state index in [1.807, 2.05) is 23.1 Å². The third kappa shape index (κ3) is 7.83. The van der Waals surface area contributed by atoms with Gasteiger partial charge in [-0.3, -0.25) is 4.79 Å². The third-order valence-electron chi connectivity index (χ3n) is 6.02. The van der Waals surface area contributed by atoms with Crippen molar-refractivity contribution in [2.75, 3.05) is 11.9 Å². The van der Waals surface area contributed by atoms with Gasteiger partial charge in [0.05, 0.1) is 0 Å². The van der Waals surface area contributed by atoms with Crippen LogP contribution in [0.2, 0.25) is 0 Å². The van der Waals surface area contributed by atoms with E-state index in [0.717, 1.165) is 35.3 Å². The second kappa shape index (κ2) is 11.8. The highest BCUT2D eigenvalue weighted by Crippen LogP contribution is 2.38. The second-order valence-corrected chi connectivity index (χ2v) is 12.1. The van der Waals surface area contributed by atoms with Gasteiger partial charge in [-0.05, 0) is 92.4 Å². The number of nitrogens with zero attached hydrogens (tertiary/aromatic N) is 1. The Balaban J connectivity index is 1.71. The number of halogens is 3. The first-order valence-corrected chi connectivity index (χ1v) is 13.5. The number of carbonyl (C=O) groups is 2. The van der Waals surface area contributed by atoms with Gasteiger partial charge in [-0.15, -0.1) is 11.8 Å². The highest BCUT2D eigenvalue weighted by Gasteiger charge is 2.32. The lowest BCUT2D eigenvalue weighted by Crippen LogP contribution is -2.44. The zero-order valence-electron chi connectivity index (χ0n) is 20.5. The van der Waals surface area contributed by atoms with E-state index in [2.05, 4.69) is 12.2 Å². The predicted octanol–water partition coefficient (Wildman–Crippen LogP) is 7.45. The van der Waals surface area contributed by atoms with Crippen molar-refractivity contribution in [1.29, 1.82) is 0 Å². The largest absolute Gasteiger partial charge is 0.480 e. The fourth-order valence-electron chi connectivity index (χ4n) is 4.11. The summed E-state index contributed by atoms with van der Waals surface area (Å²) in [6, 6.07) is 11.3. The standard InChI is InChI=1S/C26H31F3N2O3S2/c1-4-5-6-13-31(24(34)30-19-8-11-21(12-9-19)36-26(27,28)29)20-14-17-7-10-22(16-18(17)15-20)35-25(2,3)23(32)33/h7-12,16,20H,4-6,13-15H2,1-3H3,(H,30,34)(H,32,33). The quantitative estimate of drug-likeness (QED) is 0.242. The fraction of sp³-hybridized carbons (Fsp3) is 0.462. The third-order valence-corrected chi connectivity index (χ3v) is 7.93. The van der Waals surface area contributed by atoms with Crippen LogP contribution in [0.3, 0.4) is 0 Å². The van der Waals surface area contributed by atoms with Gasteiger partial charge in [0.2, 0.25) is 0 Å². The van der Waals surface area contributed by atoms with E-state index in [-0.39, 0.29) is 28.7 Å². The molecule has 196 valence electrons. The van der Waals surface area contributed by atoms with E-state index in [4.69, 9.17) is 0 Å². The molecular formula is C26H31F3N2O3S2. The number of hydrogen-bond acceptors (Lipinski definition) is 4. The second-order valence-electron chi connectivity index (χ2n) is 9.31. The summed E-state index contributed by atoms with van der Waals surface area (Å²) in [5.74, 6) is -0.880. The van der Waals surface area contributed by atoms with Gasteiger partial charge in [0, 0.05) is 28.1 Å². The lowest BCUT2D eigenvalue weighted by Gasteiger charge is -2.29. The Morgan fingerprint density at radius 2 is 1.64 bits per heavy atom. The minimum atomic E-state index is -4.36. The molecule has 1 atom stereocenters. The summed E-state index contributed by atoms with van der Waals surface area (Å²) in [6.45, 7) is 6.01. The van der Waals surface area contributed by atoms with Crippen molar-refractivity contribution in [2.45, 2.75) is 79.0 Å². The number of carbonyl (C=O) groups excluding carboxylic acids is 1. The van der Waals surface area contributed by atoms with Crippen molar-refractivity contribution in [3.63, 3.8) is 0 Å². The monoisotopic (exact) mass is 540 g/mol. The minimum absolute atomic E-state index is 0.0513. The van der Waals surface area contributed by atoms with Gasteiger partial charge >= 0.3 is 17.5 Å². The molecule has 2 aromatic carbocycles. The molecule has 0 aliphatic heterocycles. The number of carboxylic acid groups (broad SMARTS) is 1. The molecule has 36 heavy (non-hydrogen) atoms. The van der Waals surface area contributed by atoms with E-state index >= 15 is 0 Å². The van der Waals surface area contributed by atoms with Crippen LogP contribution >= 0.6 is 23.5 Å². The highest BCUT2D eigenvalue weighted by atomic mass is 32.2. The summed E-state index contributed by atoms with van der Waals surface area (Å²) < 4.78 is 36.8. The lowest BCUT2D eigenvalue weighted by atomic mass is 10.1. The topological polar surface area (TPSA) is 69.6 Å². The molecule has 10 heteroatoms. The molecule has 0 fully saturated rings. The highest BCUT2D eigenvalue weighted by molar-refractivity contribution is 8.01. The van der Waals surface area contributed by atoms with Crippen LogP contribution in [-0.2, 0) is 17.6 Å². The Morgan fingerprint density at radius 1 is 1.00 bits per heavy atom. The number of nitrogens with one attached hydrogen (secondary N) is 1. The summed E-state index contributed by atoms with van der Waals surface area (Å²) in [5.41, 5.74) is -1.68. The first-order chi connectivity index (χ1) is 16.9. The van der Waals surface area contributed by atoms with Crippen LogP contribution < -0.4 is 5.32 Å². The molecule has 0 saturated heterocycles. The van der Waals surface area contributed by atoms with Crippen molar-refractivity contribution in [1.82, 2.24) is 4.90 Å². The molecule has 3 rings (SSSR count). The molecule has 0 spiro atoms. The molecule has 1 aliphatic carbocycles. The van der Waals surface area contributed by atoms with Crippen molar-refractivity contribution in [3.05, 3.63) is 53.6 Å². The van der Waals surface area contributed by atoms with Gasteiger partial charge in [-0.1, -0.05) is 25.8 Å². The first-order valence-electron chi connectivity index (χ1n) is 11.9. The average Bonchev–Trinajstić information content (AvgIpc) is 3.19. The number of alkyl halides is 3. The Bertz CT molecular complexity index is 1080. The molecule has 2 amide bonds. The van der Waals surface area contributed by atoms with Crippen LogP contribution in [0, 0.1) is 0 Å². The Morgan fingerprint density at radius 3 is 2.25 bits per heavy atom. The number of anilines is 1. The maximum absolute atomic E-state index is 13.2. The van der Waals surface area contributed by atoms with Crippen molar-refractivity contribution >= 4 is 41.2 Å². The molecule has 2 aromatic rings. The van der Waals surface area contributed by atoms with Gasteiger partial charge < -0.3 is 15.3 Å². The number of amides is 2. The number of thioether (sulfide) groups is 2. The van der Waals surface area contributed by atoms with E-state index in [9.17, 15) is 27.9 Å². The zero-order chi connectivity index (χ0) is 26.5. The van der Waals surface area contributed by atoms with Crippen LogP contribution in [-0.4, -0.2) is 44.8 Å². The number of aliphatic carboxylic acids is 1. The van der Waals surface area contributed by atoms with E-state index in [1.165, 1.54) is 36.0 Å². The summed E-state index contributed by atoms with van der Waals surface area (Å²) in [7, 11) is 0. The van der Waals surface area contributed by atoms with E-state index in [1.54, 1.807) is 13.8 Å². The number of carboxylic acids is 1. The van der Waals surface area contributed by atoms with Crippen LogP contribution in [0.5, 0.6) is 0 Å². The Kier molecular flexibility index (Phi) is 9.27. The van der Waals surface area contributed by atoms with Crippen LogP contribution in [0.25, 0.3) is 0 Å². The number of hydrogen-bond donors (Lipinski definition) is 2. The lowest BCUT2D eigenvalue weighted by molar-refractivity contribution is -0.138. The smallest absolute Gasteiger partial charge is 0.446 e. The molecule has 1 aliphatic rings. The van der Waals surface area contributed by atoms with Crippen molar-refractivity contribution < 1.29 is 27.9 Å². The molecule has 0 bridgehead atoms. The SMILES string of the molecule is CCCCCN(C(=O)Nc1ccc(SC(F)(F)F)cc1)C1Cc2ccc(SC(C)(C)C(=O)O)cc2C1. The number of unbranched alkanes of at least 4 members (excludes halogenated alkanes) is 2. The number of benzene rings is 2. The molecule has 0 radical (unpaired) electrons.